The lowest BCUT2D eigenvalue weighted by atomic mass is 9.89. The van der Waals surface area contributed by atoms with Gasteiger partial charge in [0.05, 0.1) is 11.3 Å². The smallest absolute Gasteiger partial charge is 0.254 e. The monoisotopic (exact) mass is 270 g/mol. The molecule has 1 aromatic carbocycles. The molecule has 106 valence electrons. The fraction of sp³-hybridized carbons (Fsp3) is 0.500. The van der Waals surface area contributed by atoms with Gasteiger partial charge in [-0.3, -0.25) is 4.79 Å². The highest BCUT2D eigenvalue weighted by Crippen LogP contribution is 2.22. The van der Waals surface area contributed by atoms with E-state index in [1.807, 2.05) is 20.8 Å². The molecule has 1 amide bonds. The van der Waals surface area contributed by atoms with Crippen molar-refractivity contribution in [3.63, 3.8) is 0 Å². The molecule has 0 aliphatic rings. The first-order valence-corrected chi connectivity index (χ1v) is 6.46. The van der Waals surface area contributed by atoms with Crippen LogP contribution in [0.2, 0.25) is 0 Å². The van der Waals surface area contributed by atoms with Gasteiger partial charge in [0, 0.05) is 11.6 Å². The Labute approximate surface area is 112 Å². The third-order valence-corrected chi connectivity index (χ3v) is 3.74. The number of benzene rings is 1. The molecule has 3 N–H and O–H groups in total. The number of halogens is 2. The Balaban J connectivity index is 3.04. The molecule has 0 unspecified atom stereocenters. The molecule has 0 bridgehead atoms. The number of carbonyl (C=O) groups is 1. The Bertz CT molecular complexity index is 462. The average molecular weight is 270 g/mol. The summed E-state index contributed by atoms with van der Waals surface area (Å²) in [5.74, 6) is -2.32. The van der Waals surface area contributed by atoms with Gasteiger partial charge in [0.25, 0.3) is 5.91 Å². The van der Waals surface area contributed by atoms with E-state index in [2.05, 4.69) is 5.32 Å². The predicted molar refractivity (Wildman–Crippen MR) is 71.8 cm³/mol. The van der Waals surface area contributed by atoms with Crippen molar-refractivity contribution in [1.29, 1.82) is 0 Å². The van der Waals surface area contributed by atoms with Gasteiger partial charge < -0.3 is 11.1 Å². The molecule has 0 fully saturated rings. The second kappa shape index (κ2) is 5.99. The number of nitrogen functional groups attached to an aromatic ring is 1. The minimum absolute atomic E-state index is 0.223. The van der Waals surface area contributed by atoms with Crippen LogP contribution < -0.4 is 11.1 Å². The molecule has 0 saturated carbocycles. The third kappa shape index (κ3) is 3.22. The zero-order valence-corrected chi connectivity index (χ0v) is 11.5. The van der Waals surface area contributed by atoms with Crippen LogP contribution in [0.5, 0.6) is 0 Å². The maximum absolute atomic E-state index is 13.6. The number of nitrogens with one attached hydrogen (secondary N) is 1. The first kappa shape index (κ1) is 15.4. The van der Waals surface area contributed by atoms with Crippen LogP contribution in [0.3, 0.4) is 0 Å². The topological polar surface area (TPSA) is 55.1 Å². The summed E-state index contributed by atoms with van der Waals surface area (Å²) in [4.78, 5) is 12.1. The fourth-order valence-electron chi connectivity index (χ4n) is 2.06. The second-order valence-electron chi connectivity index (χ2n) is 4.65. The summed E-state index contributed by atoms with van der Waals surface area (Å²) in [6.45, 7) is 5.88. The number of carbonyl (C=O) groups excluding carboxylic acids is 1. The van der Waals surface area contributed by atoms with Gasteiger partial charge in [0.1, 0.15) is 11.6 Å². The van der Waals surface area contributed by atoms with E-state index in [0.29, 0.717) is 6.07 Å². The van der Waals surface area contributed by atoms with E-state index in [4.69, 9.17) is 5.73 Å². The first-order valence-electron chi connectivity index (χ1n) is 6.46. The van der Waals surface area contributed by atoms with E-state index >= 15 is 0 Å². The van der Waals surface area contributed by atoms with Gasteiger partial charge in [-0.05, 0) is 25.3 Å². The van der Waals surface area contributed by atoms with Crippen molar-refractivity contribution in [2.45, 2.75) is 45.6 Å². The lowest BCUT2D eigenvalue weighted by Crippen LogP contribution is -2.47. The van der Waals surface area contributed by atoms with Gasteiger partial charge in [-0.2, -0.15) is 0 Å². The molecular formula is C14H20F2N2O. The number of hydrogen-bond acceptors (Lipinski definition) is 2. The molecule has 19 heavy (non-hydrogen) atoms. The molecule has 0 saturated heterocycles. The Morgan fingerprint density at radius 2 is 1.68 bits per heavy atom. The van der Waals surface area contributed by atoms with Crippen molar-refractivity contribution in [3.8, 4) is 0 Å². The number of nitrogens with two attached hydrogens (primary N) is 1. The highest BCUT2D eigenvalue weighted by Gasteiger charge is 2.27. The molecule has 0 atom stereocenters. The SMILES string of the molecule is CCC(CC)(CC)NC(=O)c1cc(N)c(F)cc1F. The largest absolute Gasteiger partial charge is 0.396 e. The van der Waals surface area contributed by atoms with Crippen molar-refractivity contribution in [2.24, 2.45) is 0 Å². The second-order valence-corrected chi connectivity index (χ2v) is 4.65. The van der Waals surface area contributed by atoms with Crippen LogP contribution in [0.15, 0.2) is 12.1 Å². The van der Waals surface area contributed by atoms with Crippen molar-refractivity contribution < 1.29 is 13.6 Å². The van der Waals surface area contributed by atoms with Gasteiger partial charge in [-0.25, -0.2) is 8.78 Å². The van der Waals surface area contributed by atoms with Crippen LogP contribution >= 0.6 is 0 Å². The molecule has 0 spiro atoms. The van der Waals surface area contributed by atoms with Crippen LogP contribution in [0, 0.1) is 11.6 Å². The fourth-order valence-corrected chi connectivity index (χ4v) is 2.06. The lowest BCUT2D eigenvalue weighted by Gasteiger charge is -2.31. The van der Waals surface area contributed by atoms with Crippen LogP contribution in [-0.2, 0) is 0 Å². The van der Waals surface area contributed by atoms with Gasteiger partial charge in [0.2, 0.25) is 0 Å². The van der Waals surface area contributed by atoms with Gasteiger partial charge in [-0.15, -0.1) is 0 Å². The van der Waals surface area contributed by atoms with E-state index in [9.17, 15) is 13.6 Å². The maximum atomic E-state index is 13.6. The molecule has 1 rings (SSSR count). The summed E-state index contributed by atoms with van der Waals surface area (Å²) in [7, 11) is 0. The van der Waals surface area contributed by atoms with Gasteiger partial charge in [-0.1, -0.05) is 20.8 Å². The summed E-state index contributed by atoms with van der Waals surface area (Å²) < 4.78 is 26.7. The van der Waals surface area contributed by atoms with E-state index < -0.39 is 17.5 Å². The average Bonchev–Trinajstić information content (AvgIpc) is 2.40. The van der Waals surface area contributed by atoms with E-state index in [1.165, 1.54) is 0 Å². The molecule has 1 aromatic rings. The normalized spacial score (nSPS) is 11.4. The minimum atomic E-state index is -0.901. The highest BCUT2D eigenvalue weighted by molar-refractivity contribution is 5.95. The van der Waals surface area contributed by atoms with Crippen molar-refractivity contribution in [3.05, 3.63) is 29.3 Å². The van der Waals surface area contributed by atoms with Crippen molar-refractivity contribution in [1.82, 2.24) is 5.32 Å². The number of hydrogen-bond donors (Lipinski definition) is 2. The van der Waals surface area contributed by atoms with E-state index in [1.54, 1.807) is 0 Å². The standard InChI is InChI=1S/C14H20F2N2O/c1-4-14(5-2,6-3)18-13(19)9-7-12(17)11(16)8-10(9)15/h7-8H,4-6,17H2,1-3H3,(H,18,19). The highest BCUT2D eigenvalue weighted by atomic mass is 19.1. The van der Waals surface area contributed by atoms with Crippen molar-refractivity contribution in [2.75, 3.05) is 5.73 Å². The van der Waals surface area contributed by atoms with Crippen LogP contribution in [-0.4, -0.2) is 11.4 Å². The number of amides is 1. The Morgan fingerprint density at radius 1 is 1.16 bits per heavy atom. The Kier molecular flexibility index (Phi) is 4.86. The summed E-state index contributed by atoms with van der Waals surface area (Å²) in [6, 6.07) is 1.67. The van der Waals surface area contributed by atoms with Crippen LogP contribution in [0.4, 0.5) is 14.5 Å². The van der Waals surface area contributed by atoms with E-state index in [-0.39, 0.29) is 16.8 Å². The lowest BCUT2D eigenvalue weighted by molar-refractivity contribution is 0.0884. The minimum Gasteiger partial charge on any atom is -0.396 e. The number of rotatable bonds is 5. The van der Waals surface area contributed by atoms with Gasteiger partial charge in [0.15, 0.2) is 0 Å². The Hall–Kier alpha value is -1.65. The first-order chi connectivity index (χ1) is 8.89. The summed E-state index contributed by atoms with van der Waals surface area (Å²) >= 11 is 0. The summed E-state index contributed by atoms with van der Waals surface area (Å²) in [5, 5.41) is 2.83. The summed E-state index contributed by atoms with van der Waals surface area (Å²) in [5.41, 5.74) is 4.54. The molecule has 0 aliphatic heterocycles. The molecule has 5 heteroatoms. The third-order valence-electron chi connectivity index (χ3n) is 3.74. The van der Waals surface area contributed by atoms with E-state index in [0.717, 1.165) is 25.3 Å². The summed E-state index contributed by atoms with van der Waals surface area (Å²) in [6.07, 6.45) is 2.22. The molecule has 0 radical (unpaired) electrons. The molecule has 3 nitrogen and oxygen atoms in total. The van der Waals surface area contributed by atoms with Crippen LogP contribution in [0.1, 0.15) is 50.4 Å². The molecule has 0 aromatic heterocycles. The zero-order valence-electron chi connectivity index (χ0n) is 11.5. The quantitative estimate of drug-likeness (QED) is 0.807. The zero-order chi connectivity index (χ0) is 14.6. The van der Waals surface area contributed by atoms with Crippen molar-refractivity contribution >= 4 is 11.6 Å². The molecule has 0 heterocycles. The molecule has 0 aliphatic carbocycles. The number of anilines is 1. The van der Waals surface area contributed by atoms with Gasteiger partial charge >= 0.3 is 0 Å². The maximum Gasteiger partial charge on any atom is 0.254 e. The Morgan fingerprint density at radius 3 is 2.16 bits per heavy atom. The predicted octanol–water partition coefficient (Wildman–Crippen LogP) is 3.25. The molecular weight excluding hydrogens is 250 g/mol. The van der Waals surface area contributed by atoms with Crippen LogP contribution in [0.25, 0.3) is 0 Å².